The Labute approximate surface area is 107 Å². The number of aliphatic hydroxyl groups is 2. The van der Waals surface area contributed by atoms with E-state index in [0.717, 1.165) is 31.6 Å². The third-order valence-corrected chi connectivity index (χ3v) is 3.56. The molecule has 2 atom stereocenters. The van der Waals surface area contributed by atoms with Gasteiger partial charge in [0.25, 0.3) is 0 Å². The van der Waals surface area contributed by atoms with Crippen molar-refractivity contribution in [3.05, 3.63) is 29.6 Å². The second-order valence-corrected chi connectivity index (χ2v) is 5.02. The molecule has 1 aromatic carbocycles. The number of halogens is 1. The molecule has 1 saturated heterocycles. The quantitative estimate of drug-likeness (QED) is 0.867. The van der Waals surface area contributed by atoms with E-state index in [1.54, 1.807) is 13.0 Å². The summed E-state index contributed by atoms with van der Waals surface area (Å²) in [6, 6.07) is 4.53. The molecule has 0 radical (unpaired) electrons. The Balaban J connectivity index is 2.26. The average Bonchev–Trinajstić information content (AvgIpc) is 2.38. The molecule has 1 aromatic rings. The Morgan fingerprint density at radius 2 is 2.28 bits per heavy atom. The maximum Gasteiger partial charge on any atom is 0.123 e. The smallest absolute Gasteiger partial charge is 0.123 e. The van der Waals surface area contributed by atoms with Crippen LogP contribution in [-0.4, -0.2) is 29.9 Å². The summed E-state index contributed by atoms with van der Waals surface area (Å²) in [4.78, 5) is 2.13. The van der Waals surface area contributed by atoms with Gasteiger partial charge in [0.1, 0.15) is 5.82 Å². The highest BCUT2D eigenvalue weighted by Crippen LogP contribution is 2.30. The molecule has 2 N–H and O–H groups in total. The summed E-state index contributed by atoms with van der Waals surface area (Å²) >= 11 is 0. The largest absolute Gasteiger partial charge is 0.396 e. The molecule has 0 saturated carbocycles. The maximum atomic E-state index is 13.2. The van der Waals surface area contributed by atoms with Gasteiger partial charge in [-0.25, -0.2) is 4.39 Å². The summed E-state index contributed by atoms with van der Waals surface area (Å²) in [6.07, 6.45) is 1.35. The van der Waals surface area contributed by atoms with E-state index in [-0.39, 0.29) is 18.3 Å². The highest BCUT2D eigenvalue weighted by molar-refractivity contribution is 5.55. The van der Waals surface area contributed by atoms with Crippen LogP contribution in [0.25, 0.3) is 0 Å². The first-order valence-corrected chi connectivity index (χ1v) is 6.45. The van der Waals surface area contributed by atoms with Crippen LogP contribution in [0.15, 0.2) is 18.2 Å². The van der Waals surface area contributed by atoms with Crippen LogP contribution in [0.3, 0.4) is 0 Å². The lowest BCUT2D eigenvalue weighted by Gasteiger charge is -2.35. The Morgan fingerprint density at radius 1 is 1.50 bits per heavy atom. The Hall–Kier alpha value is -1.13. The number of hydrogen-bond donors (Lipinski definition) is 2. The third-order valence-electron chi connectivity index (χ3n) is 3.56. The zero-order valence-electron chi connectivity index (χ0n) is 10.6. The molecule has 1 aliphatic rings. The molecule has 2 rings (SSSR count). The standard InChI is InChI=1S/C14H20FNO2/c1-10(18)13-7-12(15)4-5-14(13)16-6-2-3-11(8-16)9-17/h4-5,7,10-11,17-18H,2-3,6,8-9H2,1H3/t10-,11?/m0/s1. The molecule has 0 aliphatic carbocycles. The van der Waals surface area contributed by atoms with E-state index < -0.39 is 6.10 Å². The normalized spacial score (nSPS) is 22.0. The van der Waals surface area contributed by atoms with Crippen molar-refractivity contribution in [2.45, 2.75) is 25.9 Å². The molecular weight excluding hydrogens is 233 g/mol. The van der Waals surface area contributed by atoms with Gasteiger partial charge in [-0.05, 0) is 43.9 Å². The minimum absolute atomic E-state index is 0.182. The van der Waals surface area contributed by atoms with Crippen LogP contribution < -0.4 is 4.90 Å². The van der Waals surface area contributed by atoms with Crippen LogP contribution >= 0.6 is 0 Å². The van der Waals surface area contributed by atoms with E-state index in [0.29, 0.717) is 5.56 Å². The topological polar surface area (TPSA) is 43.7 Å². The van der Waals surface area contributed by atoms with Crippen molar-refractivity contribution in [3.8, 4) is 0 Å². The highest BCUT2D eigenvalue weighted by Gasteiger charge is 2.22. The van der Waals surface area contributed by atoms with E-state index in [9.17, 15) is 14.6 Å². The fraction of sp³-hybridized carbons (Fsp3) is 0.571. The van der Waals surface area contributed by atoms with Gasteiger partial charge in [0, 0.05) is 30.9 Å². The third kappa shape index (κ3) is 2.82. The van der Waals surface area contributed by atoms with E-state index in [1.165, 1.54) is 12.1 Å². The predicted molar refractivity (Wildman–Crippen MR) is 69.1 cm³/mol. The lowest BCUT2D eigenvalue weighted by molar-refractivity contribution is 0.196. The maximum absolute atomic E-state index is 13.2. The zero-order valence-corrected chi connectivity index (χ0v) is 10.6. The van der Waals surface area contributed by atoms with Gasteiger partial charge < -0.3 is 15.1 Å². The molecule has 1 aliphatic heterocycles. The number of anilines is 1. The van der Waals surface area contributed by atoms with Crippen LogP contribution in [0.1, 0.15) is 31.4 Å². The fourth-order valence-corrected chi connectivity index (χ4v) is 2.58. The molecule has 18 heavy (non-hydrogen) atoms. The van der Waals surface area contributed by atoms with E-state index in [2.05, 4.69) is 4.90 Å². The van der Waals surface area contributed by atoms with Crippen LogP contribution in [0.4, 0.5) is 10.1 Å². The number of piperidine rings is 1. The van der Waals surface area contributed by atoms with Gasteiger partial charge in [0.2, 0.25) is 0 Å². The molecule has 0 bridgehead atoms. The van der Waals surface area contributed by atoms with Crippen LogP contribution in [0.5, 0.6) is 0 Å². The molecule has 4 heteroatoms. The molecule has 0 spiro atoms. The van der Waals surface area contributed by atoms with Gasteiger partial charge in [0.05, 0.1) is 6.10 Å². The Morgan fingerprint density at radius 3 is 2.94 bits per heavy atom. The highest BCUT2D eigenvalue weighted by atomic mass is 19.1. The van der Waals surface area contributed by atoms with Gasteiger partial charge >= 0.3 is 0 Å². The summed E-state index contributed by atoms with van der Waals surface area (Å²) in [7, 11) is 0. The van der Waals surface area contributed by atoms with E-state index in [4.69, 9.17) is 0 Å². The number of rotatable bonds is 3. The minimum atomic E-state index is -0.690. The average molecular weight is 253 g/mol. The van der Waals surface area contributed by atoms with Crippen molar-refractivity contribution < 1.29 is 14.6 Å². The molecule has 0 aromatic heterocycles. The van der Waals surface area contributed by atoms with Gasteiger partial charge in [0.15, 0.2) is 0 Å². The molecule has 0 amide bonds. The van der Waals surface area contributed by atoms with Crippen LogP contribution in [0.2, 0.25) is 0 Å². The molecule has 3 nitrogen and oxygen atoms in total. The molecule has 1 unspecified atom stereocenters. The van der Waals surface area contributed by atoms with Gasteiger partial charge in [-0.2, -0.15) is 0 Å². The zero-order chi connectivity index (χ0) is 13.1. The second-order valence-electron chi connectivity index (χ2n) is 5.02. The number of nitrogens with zero attached hydrogens (tertiary/aromatic N) is 1. The summed E-state index contributed by atoms with van der Waals surface area (Å²) in [6.45, 7) is 3.48. The second kappa shape index (κ2) is 5.67. The first-order valence-electron chi connectivity index (χ1n) is 6.45. The first kappa shape index (κ1) is 13.3. The number of benzene rings is 1. The van der Waals surface area contributed by atoms with Crippen molar-refractivity contribution in [2.24, 2.45) is 5.92 Å². The van der Waals surface area contributed by atoms with Crippen molar-refractivity contribution in [2.75, 3.05) is 24.6 Å². The van der Waals surface area contributed by atoms with Gasteiger partial charge in [-0.3, -0.25) is 0 Å². The summed E-state index contributed by atoms with van der Waals surface area (Å²) in [5, 5.41) is 19.0. The summed E-state index contributed by atoms with van der Waals surface area (Å²) in [5.74, 6) is -0.0592. The first-order chi connectivity index (χ1) is 8.61. The molecule has 100 valence electrons. The Kier molecular flexibility index (Phi) is 4.19. The van der Waals surface area contributed by atoms with Crippen molar-refractivity contribution in [3.63, 3.8) is 0 Å². The molecule has 1 heterocycles. The van der Waals surface area contributed by atoms with Crippen LogP contribution in [-0.2, 0) is 0 Å². The number of aliphatic hydroxyl groups excluding tert-OH is 2. The lowest BCUT2D eigenvalue weighted by Crippen LogP contribution is -2.37. The predicted octanol–water partition coefficient (Wildman–Crippen LogP) is 2.09. The van der Waals surface area contributed by atoms with Gasteiger partial charge in [-0.1, -0.05) is 0 Å². The van der Waals surface area contributed by atoms with Crippen molar-refractivity contribution in [1.29, 1.82) is 0 Å². The number of hydrogen-bond acceptors (Lipinski definition) is 3. The summed E-state index contributed by atoms with van der Waals surface area (Å²) in [5.41, 5.74) is 1.50. The van der Waals surface area contributed by atoms with E-state index >= 15 is 0 Å². The van der Waals surface area contributed by atoms with Crippen molar-refractivity contribution >= 4 is 5.69 Å². The summed E-state index contributed by atoms with van der Waals surface area (Å²) < 4.78 is 13.2. The van der Waals surface area contributed by atoms with Crippen LogP contribution in [0, 0.1) is 11.7 Å². The molecular formula is C14H20FNO2. The monoisotopic (exact) mass is 253 g/mol. The fourth-order valence-electron chi connectivity index (χ4n) is 2.58. The van der Waals surface area contributed by atoms with Gasteiger partial charge in [-0.15, -0.1) is 0 Å². The minimum Gasteiger partial charge on any atom is -0.396 e. The lowest BCUT2D eigenvalue weighted by atomic mass is 9.97. The molecule has 1 fully saturated rings. The Bertz CT molecular complexity index is 409. The van der Waals surface area contributed by atoms with Crippen molar-refractivity contribution in [1.82, 2.24) is 0 Å². The van der Waals surface area contributed by atoms with E-state index in [1.807, 2.05) is 0 Å². The SMILES string of the molecule is C[C@H](O)c1cc(F)ccc1N1CCCC(CO)C1.